The molecule has 0 amide bonds. The molecule has 1 saturated heterocycles. The number of aliphatic hydroxyl groups is 1. The van der Waals surface area contributed by atoms with Crippen LogP contribution in [0.25, 0.3) is 0 Å². The summed E-state index contributed by atoms with van der Waals surface area (Å²) in [4.78, 5) is 2.35. The van der Waals surface area contributed by atoms with Crippen molar-refractivity contribution < 1.29 is 13.9 Å². The number of hydrogen-bond acceptors (Lipinski definition) is 5. The van der Waals surface area contributed by atoms with Gasteiger partial charge >= 0.3 is 0 Å². The van der Waals surface area contributed by atoms with E-state index in [1.54, 1.807) is 13.8 Å². The van der Waals surface area contributed by atoms with Crippen molar-refractivity contribution in [2.24, 2.45) is 11.7 Å². The van der Waals surface area contributed by atoms with Crippen molar-refractivity contribution in [3.63, 3.8) is 0 Å². The first-order valence-electron chi connectivity index (χ1n) is 9.92. The van der Waals surface area contributed by atoms with E-state index in [4.69, 9.17) is 5.73 Å². The van der Waals surface area contributed by atoms with Crippen molar-refractivity contribution in [3.05, 3.63) is 41.3 Å². The van der Waals surface area contributed by atoms with Crippen LogP contribution in [0.1, 0.15) is 37.9 Å². The molecule has 28 heavy (non-hydrogen) atoms. The first-order chi connectivity index (χ1) is 13.2. The molecule has 3 aliphatic rings. The van der Waals surface area contributed by atoms with E-state index in [0.29, 0.717) is 13.1 Å². The van der Waals surface area contributed by atoms with E-state index in [9.17, 15) is 13.9 Å². The number of aromatic nitrogens is 2. The number of halogens is 2. The van der Waals surface area contributed by atoms with Gasteiger partial charge in [-0.15, -0.1) is 0 Å². The average Bonchev–Trinajstić information content (AvgIpc) is 3.18. The van der Waals surface area contributed by atoms with E-state index in [2.05, 4.69) is 15.3 Å². The van der Waals surface area contributed by atoms with Gasteiger partial charge in [0.2, 0.25) is 0 Å². The molecule has 4 rings (SSSR count). The third-order valence-corrected chi connectivity index (χ3v) is 6.04. The summed E-state index contributed by atoms with van der Waals surface area (Å²) < 4.78 is 29.7. The Balaban J connectivity index is 1.39. The standard InChI is InChI=1S/C20H29F2N5O/c1-20(2,28)11-27-18-10-26(9-12(18)7-25-27)14-6-17(23)19(24-8-14)15-5-13(21)3-4-16(15)22/h3-4,7,14-15,17,19,24,28H,5-6,8-11,23H2,1-2H3/t14?,15?,17?,19-/m1/s1. The van der Waals surface area contributed by atoms with Crippen LogP contribution < -0.4 is 11.1 Å². The quantitative estimate of drug-likeness (QED) is 0.726. The van der Waals surface area contributed by atoms with Crippen LogP contribution in [-0.4, -0.2) is 50.1 Å². The molecule has 1 aliphatic carbocycles. The first-order valence-corrected chi connectivity index (χ1v) is 9.92. The number of hydrogen-bond donors (Lipinski definition) is 3. The molecule has 0 spiro atoms. The van der Waals surface area contributed by atoms with Crippen LogP contribution in [-0.2, 0) is 19.6 Å². The summed E-state index contributed by atoms with van der Waals surface area (Å²) in [5, 5.41) is 17.9. The Hall–Kier alpha value is -1.61. The Morgan fingerprint density at radius 3 is 2.82 bits per heavy atom. The molecule has 0 radical (unpaired) electrons. The van der Waals surface area contributed by atoms with Gasteiger partial charge in [0.15, 0.2) is 0 Å². The second-order valence-corrected chi connectivity index (χ2v) is 8.95. The number of rotatable bonds is 4. The molecule has 3 unspecified atom stereocenters. The molecule has 1 aromatic heterocycles. The van der Waals surface area contributed by atoms with Crippen LogP contribution in [0.4, 0.5) is 8.78 Å². The largest absolute Gasteiger partial charge is 0.389 e. The van der Waals surface area contributed by atoms with Crippen LogP contribution in [0.2, 0.25) is 0 Å². The fraction of sp³-hybridized carbons (Fsp3) is 0.650. The Kier molecular flexibility index (Phi) is 5.16. The van der Waals surface area contributed by atoms with E-state index >= 15 is 0 Å². The van der Waals surface area contributed by atoms with Gasteiger partial charge in [-0.05, 0) is 32.4 Å². The minimum Gasteiger partial charge on any atom is -0.389 e. The van der Waals surface area contributed by atoms with Gasteiger partial charge in [0, 0.05) is 55.7 Å². The third kappa shape index (κ3) is 3.91. The van der Waals surface area contributed by atoms with Crippen molar-refractivity contribution in [3.8, 4) is 0 Å². The molecule has 154 valence electrons. The Bertz CT molecular complexity index is 797. The molecule has 8 heteroatoms. The molecule has 0 bridgehead atoms. The number of nitrogens with zero attached hydrogens (tertiary/aromatic N) is 3. The van der Waals surface area contributed by atoms with Crippen molar-refractivity contribution in [2.75, 3.05) is 6.54 Å². The Morgan fingerprint density at radius 2 is 2.11 bits per heavy atom. The summed E-state index contributed by atoms with van der Waals surface area (Å²) in [6.07, 6.45) is 5.09. The topological polar surface area (TPSA) is 79.3 Å². The van der Waals surface area contributed by atoms with E-state index < -0.39 is 11.5 Å². The zero-order valence-electron chi connectivity index (χ0n) is 16.4. The van der Waals surface area contributed by atoms with Crippen molar-refractivity contribution in [1.29, 1.82) is 0 Å². The smallest absolute Gasteiger partial charge is 0.105 e. The number of nitrogens with two attached hydrogens (primary N) is 1. The highest BCUT2D eigenvalue weighted by Crippen LogP contribution is 2.34. The van der Waals surface area contributed by atoms with E-state index in [-0.39, 0.29) is 36.2 Å². The van der Waals surface area contributed by atoms with Crippen molar-refractivity contribution in [2.45, 2.75) is 70.0 Å². The predicted octanol–water partition coefficient (Wildman–Crippen LogP) is 1.75. The summed E-state index contributed by atoms with van der Waals surface area (Å²) in [7, 11) is 0. The van der Waals surface area contributed by atoms with Crippen molar-refractivity contribution in [1.82, 2.24) is 20.0 Å². The minimum atomic E-state index is -0.823. The second-order valence-electron chi connectivity index (χ2n) is 8.95. The molecule has 1 fully saturated rings. The predicted molar refractivity (Wildman–Crippen MR) is 102 cm³/mol. The molecule has 4 N–H and O–H groups in total. The third-order valence-electron chi connectivity index (χ3n) is 6.04. The van der Waals surface area contributed by atoms with E-state index in [1.807, 2.05) is 10.9 Å². The van der Waals surface area contributed by atoms with Gasteiger partial charge in [0.05, 0.1) is 24.0 Å². The fourth-order valence-electron chi connectivity index (χ4n) is 4.65. The average molecular weight is 393 g/mol. The molecule has 0 aromatic carbocycles. The van der Waals surface area contributed by atoms with E-state index in [1.165, 1.54) is 17.7 Å². The Morgan fingerprint density at radius 1 is 1.32 bits per heavy atom. The van der Waals surface area contributed by atoms with Crippen LogP contribution >= 0.6 is 0 Å². The summed E-state index contributed by atoms with van der Waals surface area (Å²) >= 11 is 0. The maximum atomic E-state index is 14.2. The van der Waals surface area contributed by atoms with Gasteiger partial charge in [-0.25, -0.2) is 8.78 Å². The molecule has 6 nitrogen and oxygen atoms in total. The zero-order valence-corrected chi connectivity index (χ0v) is 16.4. The number of piperidine rings is 1. The number of nitrogens with one attached hydrogen (secondary N) is 1. The number of fused-ring (bicyclic) bond motifs is 1. The monoisotopic (exact) mass is 393 g/mol. The lowest BCUT2D eigenvalue weighted by atomic mass is 9.82. The SMILES string of the molecule is CC(C)(O)Cn1ncc2c1CN(C1CN[C@H](C3CC(F)=CC=C3F)C(N)C1)C2. The lowest BCUT2D eigenvalue weighted by Gasteiger charge is -2.42. The summed E-state index contributed by atoms with van der Waals surface area (Å²) in [5.41, 5.74) is 7.88. The molecule has 2 aliphatic heterocycles. The van der Waals surface area contributed by atoms with Crippen LogP contribution in [0.15, 0.2) is 30.0 Å². The van der Waals surface area contributed by atoms with Gasteiger partial charge in [-0.3, -0.25) is 9.58 Å². The molecule has 4 atom stereocenters. The van der Waals surface area contributed by atoms with Crippen molar-refractivity contribution >= 4 is 0 Å². The van der Waals surface area contributed by atoms with Crippen LogP contribution in [0.3, 0.4) is 0 Å². The second kappa shape index (κ2) is 7.33. The maximum Gasteiger partial charge on any atom is 0.105 e. The molecule has 1 aromatic rings. The minimum absolute atomic E-state index is 0.0697. The molecular formula is C20H29F2N5O. The van der Waals surface area contributed by atoms with Gasteiger partial charge in [0.25, 0.3) is 0 Å². The van der Waals surface area contributed by atoms with Crippen LogP contribution in [0, 0.1) is 5.92 Å². The van der Waals surface area contributed by atoms with Gasteiger partial charge in [-0.2, -0.15) is 5.10 Å². The molecular weight excluding hydrogens is 364 g/mol. The van der Waals surface area contributed by atoms with Gasteiger partial charge < -0.3 is 16.2 Å². The fourth-order valence-corrected chi connectivity index (χ4v) is 4.65. The van der Waals surface area contributed by atoms with Crippen LogP contribution in [0.5, 0.6) is 0 Å². The zero-order chi connectivity index (χ0) is 20.1. The highest BCUT2D eigenvalue weighted by molar-refractivity contribution is 5.24. The van der Waals surface area contributed by atoms with E-state index in [0.717, 1.165) is 25.2 Å². The normalized spacial score (nSPS) is 31.5. The lowest BCUT2D eigenvalue weighted by Crippen LogP contribution is -2.60. The molecule has 3 heterocycles. The Labute approximate surface area is 164 Å². The first kappa shape index (κ1) is 19.7. The summed E-state index contributed by atoms with van der Waals surface area (Å²) in [6.45, 7) is 6.23. The summed E-state index contributed by atoms with van der Waals surface area (Å²) in [5.74, 6) is -1.13. The van der Waals surface area contributed by atoms with Gasteiger partial charge in [0.1, 0.15) is 11.7 Å². The highest BCUT2D eigenvalue weighted by atomic mass is 19.1. The summed E-state index contributed by atoms with van der Waals surface area (Å²) in [6, 6.07) is -0.279. The highest BCUT2D eigenvalue weighted by Gasteiger charge is 2.40. The van der Waals surface area contributed by atoms with Gasteiger partial charge in [-0.1, -0.05) is 0 Å². The maximum absolute atomic E-state index is 14.2. The lowest BCUT2D eigenvalue weighted by molar-refractivity contribution is 0.0555. The number of allylic oxidation sites excluding steroid dienone is 3. The molecule has 0 saturated carbocycles.